The molecule has 2 atom stereocenters. The molecule has 0 amide bonds. The first-order chi connectivity index (χ1) is 24.6. The van der Waals surface area contributed by atoms with E-state index in [1.54, 1.807) is 0 Å². The number of carboxylic acids is 1. The summed E-state index contributed by atoms with van der Waals surface area (Å²) in [5, 5.41) is 9.59. The average molecular weight is 715 g/mol. The maximum Gasteiger partial charge on any atom is 0.362 e. The number of carboxylic acid groups (broad SMARTS) is 1. The Morgan fingerprint density at radius 1 is 0.608 bits per heavy atom. The molecule has 8 nitrogen and oxygen atoms in total. The standard InChI is InChI=1S/C43H71NO7/c1-6-8-10-12-14-16-18-20-22-24-26-28-30-32-34-42(46)51-39(37-49-36-35-40(43(47)48)44(3,4)5)38-50-41(45)33-31-29-27-25-23-21-19-17-15-13-11-9-7-2/h8-11,13-17,19,21,23,39-40H,6-7,12,18,20,22,24-38H2,1-5H3/p+1/b10-8+,11-9+,15-13+,16-14+,19-17+,23-21+. The third-order valence-corrected chi connectivity index (χ3v) is 8.20. The number of nitrogens with zero attached hydrogens (tertiary/aromatic N) is 1. The Hall–Kier alpha value is -3.23. The lowest BCUT2D eigenvalue weighted by Gasteiger charge is -2.31. The highest BCUT2D eigenvalue weighted by molar-refractivity contribution is 5.72. The van der Waals surface area contributed by atoms with Crippen LogP contribution < -0.4 is 0 Å². The van der Waals surface area contributed by atoms with Gasteiger partial charge in [0.05, 0.1) is 34.4 Å². The lowest BCUT2D eigenvalue weighted by atomic mass is 10.1. The number of ether oxygens (including phenoxy) is 3. The Kier molecular flexibility index (Phi) is 31.7. The molecule has 0 aliphatic carbocycles. The monoisotopic (exact) mass is 715 g/mol. The van der Waals surface area contributed by atoms with Gasteiger partial charge in [-0.05, 0) is 57.8 Å². The molecule has 0 aromatic rings. The number of carbonyl (C=O) groups is 3. The molecule has 0 aromatic carbocycles. The van der Waals surface area contributed by atoms with Gasteiger partial charge in [0.1, 0.15) is 6.61 Å². The number of allylic oxidation sites excluding steroid dienone is 12. The van der Waals surface area contributed by atoms with Crippen LogP contribution in [0.1, 0.15) is 129 Å². The van der Waals surface area contributed by atoms with Crippen molar-refractivity contribution < 1.29 is 38.2 Å². The molecule has 290 valence electrons. The van der Waals surface area contributed by atoms with Gasteiger partial charge in [-0.25, -0.2) is 4.79 Å². The summed E-state index contributed by atoms with van der Waals surface area (Å²) in [6.45, 7) is 4.41. The van der Waals surface area contributed by atoms with Gasteiger partial charge in [0.2, 0.25) is 0 Å². The first-order valence-corrected chi connectivity index (χ1v) is 19.5. The van der Waals surface area contributed by atoms with Crippen LogP contribution in [0.2, 0.25) is 0 Å². The lowest BCUT2D eigenvalue weighted by molar-refractivity contribution is -0.887. The molecule has 51 heavy (non-hydrogen) atoms. The molecule has 2 unspecified atom stereocenters. The zero-order valence-electron chi connectivity index (χ0n) is 32.8. The van der Waals surface area contributed by atoms with Gasteiger partial charge in [-0.2, -0.15) is 0 Å². The zero-order chi connectivity index (χ0) is 37.8. The molecule has 0 spiro atoms. The van der Waals surface area contributed by atoms with Gasteiger partial charge in [0.25, 0.3) is 0 Å². The fourth-order valence-corrected chi connectivity index (χ4v) is 5.20. The quantitative estimate of drug-likeness (QED) is 0.0238. The highest BCUT2D eigenvalue weighted by Crippen LogP contribution is 2.13. The summed E-state index contributed by atoms with van der Waals surface area (Å²) in [6.07, 6.45) is 40.9. The van der Waals surface area contributed by atoms with E-state index in [-0.39, 0.29) is 36.2 Å². The number of unbranched alkanes of at least 4 members (excludes halogenated alkanes) is 10. The van der Waals surface area contributed by atoms with Crippen LogP contribution in [0.4, 0.5) is 0 Å². The van der Waals surface area contributed by atoms with Gasteiger partial charge in [0, 0.05) is 19.3 Å². The number of rotatable bonds is 33. The van der Waals surface area contributed by atoms with Crippen LogP contribution in [0.5, 0.6) is 0 Å². The molecule has 0 aliphatic heterocycles. The smallest absolute Gasteiger partial charge is 0.362 e. The van der Waals surface area contributed by atoms with Crippen molar-refractivity contribution in [2.75, 3.05) is 41.0 Å². The Bertz CT molecular complexity index is 1060. The van der Waals surface area contributed by atoms with Gasteiger partial charge in [-0.3, -0.25) is 9.59 Å². The first-order valence-electron chi connectivity index (χ1n) is 19.5. The van der Waals surface area contributed by atoms with Crippen LogP contribution in [-0.4, -0.2) is 80.6 Å². The van der Waals surface area contributed by atoms with E-state index in [2.05, 4.69) is 50.3 Å². The van der Waals surface area contributed by atoms with E-state index < -0.39 is 18.1 Å². The molecule has 0 saturated heterocycles. The molecule has 0 bridgehead atoms. The van der Waals surface area contributed by atoms with Crippen molar-refractivity contribution in [1.29, 1.82) is 0 Å². The number of carbonyl (C=O) groups excluding carboxylic acids is 2. The first kappa shape index (κ1) is 47.8. The van der Waals surface area contributed by atoms with Crippen molar-refractivity contribution in [3.63, 3.8) is 0 Å². The molecule has 0 radical (unpaired) electrons. The third kappa shape index (κ3) is 32.4. The Morgan fingerprint density at radius 3 is 1.76 bits per heavy atom. The highest BCUT2D eigenvalue weighted by Gasteiger charge is 2.31. The molecule has 0 rings (SSSR count). The van der Waals surface area contributed by atoms with Gasteiger partial charge >= 0.3 is 17.9 Å². The summed E-state index contributed by atoms with van der Waals surface area (Å²) in [6, 6.07) is -0.624. The molecule has 0 aromatic heterocycles. The zero-order valence-corrected chi connectivity index (χ0v) is 32.8. The number of quaternary nitrogens is 1. The number of likely N-dealkylation sites (N-methyl/N-ethyl adjacent to an activating group) is 1. The van der Waals surface area contributed by atoms with E-state index in [0.29, 0.717) is 19.3 Å². The summed E-state index contributed by atoms with van der Waals surface area (Å²) in [7, 11) is 5.49. The maximum absolute atomic E-state index is 12.7. The van der Waals surface area contributed by atoms with E-state index in [0.717, 1.165) is 70.6 Å². The minimum Gasteiger partial charge on any atom is -0.477 e. The molecular weight excluding hydrogens is 642 g/mol. The number of hydrogen-bond acceptors (Lipinski definition) is 6. The van der Waals surface area contributed by atoms with E-state index in [4.69, 9.17) is 14.2 Å². The van der Waals surface area contributed by atoms with Crippen LogP contribution in [0.15, 0.2) is 72.9 Å². The van der Waals surface area contributed by atoms with Crippen molar-refractivity contribution >= 4 is 17.9 Å². The van der Waals surface area contributed by atoms with E-state index in [1.807, 2.05) is 57.6 Å². The summed E-state index contributed by atoms with van der Waals surface area (Å²) in [5.41, 5.74) is 0. The largest absolute Gasteiger partial charge is 0.477 e. The molecule has 0 aliphatic rings. The second-order valence-corrected chi connectivity index (χ2v) is 13.9. The fraction of sp³-hybridized carbons (Fsp3) is 0.651. The SMILES string of the molecule is CC/C=C/C=C/C=C/C=C/CCCCCC(=O)OCC(COCCC(C(=O)O)[N+](C)(C)C)OC(=O)CCCCCCCCC/C=C/C/C=C/CC. The maximum atomic E-state index is 12.7. The van der Waals surface area contributed by atoms with Crippen molar-refractivity contribution in [3.8, 4) is 0 Å². The summed E-state index contributed by atoms with van der Waals surface area (Å²) < 4.78 is 17.2. The summed E-state index contributed by atoms with van der Waals surface area (Å²) in [5.74, 6) is -1.54. The van der Waals surface area contributed by atoms with Crippen molar-refractivity contribution in [2.45, 2.75) is 142 Å². The van der Waals surface area contributed by atoms with Gasteiger partial charge in [0.15, 0.2) is 12.1 Å². The molecule has 0 fully saturated rings. The van der Waals surface area contributed by atoms with Crippen LogP contribution in [-0.2, 0) is 28.6 Å². The Balaban J connectivity index is 4.50. The molecular formula is C43H72NO7+. The average Bonchev–Trinajstić information content (AvgIpc) is 3.08. The van der Waals surface area contributed by atoms with Crippen molar-refractivity contribution in [2.24, 2.45) is 0 Å². The number of esters is 2. The molecule has 1 N–H and O–H groups in total. The Morgan fingerprint density at radius 2 is 1.14 bits per heavy atom. The molecule has 0 saturated carbocycles. The van der Waals surface area contributed by atoms with E-state index in [9.17, 15) is 19.5 Å². The van der Waals surface area contributed by atoms with Crippen LogP contribution >= 0.6 is 0 Å². The van der Waals surface area contributed by atoms with Crippen LogP contribution in [0.3, 0.4) is 0 Å². The highest BCUT2D eigenvalue weighted by atomic mass is 16.6. The number of aliphatic carboxylic acids is 1. The van der Waals surface area contributed by atoms with Gasteiger partial charge in [-0.1, -0.05) is 125 Å². The van der Waals surface area contributed by atoms with Gasteiger partial charge < -0.3 is 23.8 Å². The minimum absolute atomic E-state index is 0.0408. The topological polar surface area (TPSA) is 99.1 Å². The molecule has 0 heterocycles. The van der Waals surface area contributed by atoms with Gasteiger partial charge in [-0.15, -0.1) is 0 Å². The predicted octanol–water partition coefficient (Wildman–Crippen LogP) is 10.0. The molecule has 8 heteroatoms. The minimum atomic E-state index is -0.887. The summed E-state index contributed by atoms with van der Waals surface area (Å²) >= 11 is 0. The Labute approximate surface area is 311 Å². The van der Waals surface area contributed by atoms with Crippen LogP contribution in [0.25, 0.3) is 0 Å². The van der Waals surface area contributed by atoms with E-state index >= 15 is 0 Å². The van der Waals surface area contributed by atoms with E-state index in [1.165, 1.54) is 25.7 Å². The van der Waals surface area contributed by atoms with Crippen molar-refractivity contribution in [1.82, 2.24) is 0 Å². The lowest BCUT2D eigenvalue weighted by Crippen LogP contribution is -2.50. The van der Waals surface area contributed by atoms with Crippen LogP contribution in [0, 0.1) is 0 Å². The van der Waals surface area contributed by atoms with Crippen molar-refractivity contribution in [3.05, 3.63) is 72.9 Å². The second-order valence-electron chi connectivity index (χ2n) is 13.9. The number of hydrogen-bond donors (Lipinski definition) is 1. The predicted molar refractivity (Wildman–Crippen MR) is 210 cm³/mol. The normalized spacial score (nSPS) is 13.8. The third-order valence-electron chi connectivity index (χ3n) is 8.20. The fourth-order valence-electron chi connectivity index (χ4n) is 5.20. The summed E-state index contributed by atoms with van der Waals surface area (Å²) in [4.78, 5) is 36.8. The second kappa shape index (κ2) is 33.9.